The third kappa shape index (κ3) is 2.91. The second-order valence-electron chi connectivity index (χ2n) is 3.61. The van der Waals surface area contributed by atoms with Crippen LogP contribution >= 0.6 is 0 Å². The van der Waals surface area contributed by atoms with Crippen LogP contribution in [0.3, 0.4) is 0 Å². The van der Waals surface area contributed by atoms with Crippen molar-refractivity contribution in [3.63, 3.8) is 0 Å². The first-order valence-corrected chi connectivity index (χ1v) is 4.25. The van der Waals surface area contributed by atoms with Crippen LogP contribution in [-0.4, -0.2) is 29.6 Å². The Morgan fingerprint density at radius 3 is 2.77 bits per heavy atom. The smallest absolute Gasteiger partial charge is 0.306 e. The van der Waals surface area contributed by atoms with Gasteiger partial charge in [0.1, 0.15) is 0 Å². The van der Waals surface area contributed by atoms with Gasteiger partial charge in [0.05, 0.1) is 12.5 Å². The van der Waals surface area contributed by atoms with Crippen molar-refractivity contribution in [2.75, 3.05) is 6.54 Å². The summed E-state index contributed by atoms with van der Waals surface area (Å²) in [7, 11) is 0. The molecule has 0 aromatic heterocycles. The van der Waals surface area contributed by atoms with E-state index in [9.17, 15) is 13.6 Å². The molecule has 13 heavy (non-hydrogen) atoms. The Morgan fingerprint density at radius 2 is 2.38 bits per heavy atom. The molecular formula is C8H13F2NO2. The van der Waals surface area contributed by atoms with Gasteiger partial charge in [-0.25, -0.2) is 8.78 Å². The highest BCUT2D eigenvalue weighted by Gasteiger charge is 2.39. The maximum absolute atomic E-state index is 12.6. The molecule has 3 nitrogen and oxygen atoms in total. The van der Waals surface area contributed by atoms with Gasteiger partial charge in [-0.2, -0.15) is 0 Å². The SMILES string of the molecule is CC(CC1CC(F)(F)CN1)C(=O)O. The molecule has 0 radical (unpaired) electrons. The van der Waals surface area contributed by atoms with E-state index in [2.05, 4.69) is 5.32 Å². The molecule has 0 spiro atoms. The van der Waals surface area contributed by atoms with Crippen molar-refractivity contribution in [3.8, 4) is 0 Å². The molecule has 0 aromatic rings. The van der Waals surface area contributed by atoms with E-state index in [0.29, 0.717) is 0 Å². The molecule has 0 saturated carbocycles. The van der Waals surface area contributed by atoms with Crippen molar-refractivity contribution < 1.29 is 18.7 Å². The summed E-state index contributed by atoms with van der Waals surface area (Å²) in [6.07, 6.45) is 0.0234. The fraction of sp³-hybridized carbons (Fsp3) is 0.875. The molecule has 76 valence electrons. The number of aliphatic carboxylic acids is 1. The highest BCUT2D eigenvalue weighted by atomic mass is 19.3. The van der Waals surface area contributed by atoms with Crippen molar-refractivity contribution >= 4 is 5.97 Å². The van der Waals surface area contributed by atoms with Crippen LogP contribution in [0.4, 0.5) is 8.78 Å². The van der Waals surface area contributed by atoms with Gasteiger partial charge in [-0.15, -0.1) is 0 Å². The minimum atomic E-state index is -2.66. The van der Waals surface area contributed by atoms with Crippen molar-refractivity contribution in [2.45, 2.75) is 31.7 Å². The van der Waals surface area contributed by atoms with Gasteiger partial charge in [-0.3, -0.25) is 4.79 Å². The normalized spacial score (nSPS) is 28.7. The summed E-state index contributed by atoms with van der Waals surface area (Å²) >= 11 is 0. The predicted molar refractivity (Wildman–Crippen MR) is 42.8 cm³/mol. The summed E-state index contributed by atoms with van der Waals surface area (Å²) in [5.41, 5.74) is 0. The quantitative estimate of drug-likeness (QED) is 0.705. The molecule has 1 aliphatic heterocycles. The first kappa shape index (κ1) is 10.4. The van der Waals surface area contributed by atoms with E-state index < -0.39 is 17.8 Å². The number of hydrogen-bond donors (Lipinski definition) is 2. The molecule has 1 saturated heterocycles. The number of rotatable bonds is 3. The zero-order valence-electron chi connectivity index (χ0n) is 7.39. The standard InChI is InChI=1S/C8H13F2NO2/c1-5(7(12)13)2-6-3-8(9,10)4-11-6/h5-6,11H,2-4H2,1H3,(H,12,13). The number of carboxylic acids is 1. The molecule has 2 unspecified atom stereocenters. The minimum absolute atomic E-state index is 0.245. The molecule has 1 rings (SSSR count). The molecular weight excluding hydrogens is 180 g/mol. The Labute approximate surface area is 75.1 Å². The highest BCUT2D eigenvalue weighted by molar-refractivity contribution is 5.69. The van der Waals surface area contributed by atoms with Crippen LogP contribution in [-0.2, 0) is 4.79 Å². The zero-order chi connectivity index (χ0) is 10.1. The van der Waals surface area contributed by atoms with E-state index in [1.807, 2.05) is 0 Å². The van der Waals surface area contributed by atoms with Crippen molar-refractivity contribution in [1.29, 1.82) is 0 Å². The topological polar surface area (TPSA) is 49.3 Å². The first-order chi connectivity index (χ1) is 5.91. The number of carbonyl (C=O) groups is 1. The van der Waals surface area contributed by atoms with Gasteiger partial charge >= 0.3 is 5.97 Å². The van der Waals surface area contributed by atoms with Gasteiger partial charge < -0.3 is 10.4 Å². The Bertz CT molecular complexity index is 208. The minimum Gasteiger partial charge on any atom is -0.481 e. The summed E-state index contributed by atoms with van der Waals surface area (Å²) in [5, 5.41) is 11.2. The summed E-state index contributed by atoms with van der Waals surface area (Å²) in [5.74, 6) is -4.16. The fourth-order valence-corrected chi connectivity index (χ4v) is 1.49. The molecule has 1 heterocycles. The fourth-order valence-electron chi connectivity index (χ4n) is 1.49. The number of halogens is 2. The molecule has 5 heteroatoms. The average molecular weight is 193 g/mol. The van der Waals surface area contributed by atoms with Crippen molar-refractivity contribution in [3.05, 3.63) is 0 Å². The lowest BCUT2D eigenvalue weighted by molar-refractivity contribution is -0.141. The number of carboxylic acid groups (broad SMARTS) is 1. The Hall–Kier alpha value is -0.710. The average Bonchev–Trinajstić information content (AvgIpc) is 2.30. The van der Waals surface area contributed by atoms with Crippen LogP contribution in [0.15, 0.2) is 0 Å². The van der Waals surface area contributed by atoms with Crippen LogP contribution in [0.1, 0.15) is 19.8 Å². The van der Waals surface area contributed by atoms with Gasteiger partial charge in [-0.1, -0.05) is 6.92 Å². The molecule has 0 bridgehead atoms. The summed E-state index contributed by atoms with van der Waals surface area (Å²) in [6, 6.07) is -0.360. The van der Waals surface area contributed by atoms with E-state index in [0.717, 1.165) is 0 Å². The van der Waals surface area contributed by atoms with E-state index in [1.165, 1.54) is 6.92 Å². The molecule has 1 aliphatic rings. The van der Waals surface area contributed by atoms with E-state index in [1.54, 1.807) is 0 Å². The summed E-state index contributed by atoms with van der Waals surface area (Å²) < 4.78 is 25.3. The van der Waals surface area contributed by atoms with Crippen LogP contribution < -0.4 is 5.32 Å². The second-order valence-corrected chi connectivity index (χ2v) is 3.61. The van der Waals surface area contributed by atoms with E-state index in [-0.39, 0.29) is 25.4 Å². The third-order valence-corrected chi connectivity index (χ3v) is 2.25. The zero-order valence-corrected chi connectivity index (χ0v) is 7.39. The van der Waals surface area contributed by atoms with Gasteiger partial charge in [0, 0.05) is 12.5 Å². The molecule has 2 atom stereocenters. The van der Waals surface area contributed by atoms with Crippen LogP contribution in [0.2, 0.25) is 0 Å². The largest absolute Gasteiger partial charge is 0.481 e. The summed E-state index contributed by atoms with van der Waals surface area (Å²) in [6.45, 7) is 1.20. The van der Waals surface area contributed by atoms with Crippen LogP contribution in [0, 0.1) is 5.92 Å². The third-order valence-electron chi connectivity index (χ3n) is 2.25. The summed E-state index contributed by atoms with van der Waals surface area (Å²) in [4.78, 5) is 10.4. The van der Waals surface area contributed by atoms with Crippen LogP contribution in [0.5, 0.6) is 0 Å². The Kier molecular flexibility index (Phi) is 2.85. The van der Waals surface area contributed by atoms with E-state index in [4.69, 9.17) is 5.11 Å². The number of nitrogens with one attached hydrogen (secondary N) is 1. The lowest BCUT2D eigenvalue weighted by atomic mass is 10.0. The van der Waals surface area contributed by atoms with Gasteiger partial charge in [0.25, 0.3) is 5.92 Å². The number of hydrogen-bond acceptors (Lipinski definition) is 2. The molecule has 0 amide bonds. The Morgan fingerprint density at radius 1 is 1.77 bits per heavy atom. The lowest BCUT2D eigenvalue weighted by Gasteiger charge is -2.12. The predicted octanol–water partition coefficient (Wildman–Crippen LogP) is 1.09. The maximum atomic E-state index is 12.6. The van der Waals surface area contributed by atoms with E-state index >= 15 is 0 Å². The number of alkyl halides is 2. The maximum Gasteiger partial charge on any atom is 0.306 e. The molecule has 2 N–H and O–H groups in total. The Balaban J connectivity index is 2.36. The lowest BCUT2D eigenvalue weighted by Crippen LogP contribution is -2.26. The highest BCUT2D eigenvalue weighted by Crippen LogP contribution is 2.27. The molecule has 1 fully saturated rings. The molecule has 0 aromatic carbocycles. The van der Waals surface area contributed by atoms with Crippen LogP contribution in [0.25, 0.3) is 0 Å². The van der Waals surface area contributed by atoms with Gasteiger partial charge in [0.15, 0.2) is 0 Å². The van der Waals surface area contributed by atoms with Gasteiger partial charge in [0.2, 0.25) is 0 Å². The second kappa shape index (κ2) is 3.57. The van der Waals surface area contributed by atoms with Gasteiger partial charge in [-0.05, 0) is 6.42 Å². The van der Waals surface area contributed by atoms with Crippen molar-refractivity contribution in [1.82, 2.24) is 5.32 Å². The first-order valence-electron chi connectivity index (χ1n) is 4.25. The monoisotopic (exact) mass is 193 g/mol. The van der Waals surface area contributed by atoms with Crippen molar-refractivity contribution in [2.24, 2.45) is 5.92 Å². The molecule has 0 aliphatic carbocycles.